The van der Waals surface area contributed by atoms with Gasteiger partial charge in [0.15, 0.2) is 6.67 Å². The average molecular weight is 522 g/mol. The number of carbonyl (C=O) groups is 1. The number of unbranched alkanes of at least 4 members (excludes halogenated alkanes) is 15. The molecule has 0 bridgehead atoms. The van der Waals surface area contributed by atoms with Gasteiger partial charge in [-0.05, 0) is 17.7 Å². The summed E-state index contributed by atoms with van der Waals surface area (Å²) in [6.45, 7) is 3.27. The molecule has 0 aliphatic heterocycles. The standard InChI is InChI=1S/C30H47N7O/c1-2-3-4-5-6-7-8-9-10-11-12-13-14-15-16-20-24-31-30(38)28-23-25-36(33-28)26-37-34-29(32-35-37)27-21-18-17-19-22-27/h17-19,21-23,25H,2-16,20,24,26H2,1H3,(H,31,38). The molecule has 1 aromatic carbocycles. The summed E-state index contributed by atoms with van der Waals surface area (Å²) in [7, 11) is 0. The molecule has 38 heavy (non-hydrogen) atoms. The van der Waals surface area contributed by atoms with Crippen molar-refractivity contribution in [2.24, 2.45) is 0 Å². The number of hydrogen-bond acceptors (Lipinski definition) is 5. The predicted octanol–water partition coefficient (Wildman–Crippen LogP) is 7.03. The maximum Gasteiger partial charge on any atom is 0.271 e. The van der Waals surface area contributed by atoms with E-state index in [-0.39, 0.29) is 5.91 Å². The molecule has 0 atom stereocenters. The summed E-state index contributed by atoms with van der Waals surface area (Å²) in [5.41, 5.74) is 1.32. The summed E-state index contributed by atoms with van der Waals surface area (Å²) in [5, 5.41) is 19.9. The SMILES string of the molecule is CCCCCCCCCCCCCCCCCCNC(=O)c1ccn(Cn2nnc(-c3ccccc3)n2)n1. The third kappa shape index (κ3) is 11.6. The quantitative estimate of drug-likeness (QED) is 0.152. The Labute approximate surface area is 228 Å². The molecule has 0 saturated carbocycles. The Morgan fingerprint density at radius 1 is 0.737 bits per heavy atom. The Bertz CT molecular complexity index is 1010. The Morgan fingerprint density at radius 2 is 1.32 bits per heavy atom. The first-order chi connectivity index (χ1) is 18.8. The molecule has 208 valence electrons. The highest BCUT2D eigenvalue weighted by atomic mass is 16.1. The molecule has 0 spiro atoms. The van der Waals surface area contributed by atoms with Crippen molar-refractivity contribution < 1.29 is 4.79 Å². The van der Waals surface area contributed by atoms with Gasteiger partial charge < -0.3 is 5.32 Å². The molecular formula is C30H47N7O. The minimum Gasteiger partial charge on any atom is -0.351 e. The average Bonchev–Trinajstić information content (AvgIpc) is 3.61. The van der Waals surface area contributed by atoms with Crippen molar-refractivity contribution in [2.75, 3.05) is 6.54 Å². The monoisotopic (exact) mass is 521 g/mol. The fourth-order valence-electron chi connectivity index (χ4n) is 4.66. The van der Waals surface area contributed by atoms with Crippen LogP contribution in [0, 0.1) is 0 Å². The van der Waals surface area contributed by atoms with Crippen molar-refractivity contribution in [3.8, 4) is 11.4 Å². The van der Waals surface area contributed by atoms with Gasteiger partial charge in [0.2, 0.25) is 5.82 Å². The molecule has 8 nitrogen and oxygen atoms in total. The Hall–Kier alpha value is -3.03. The fraction of sp³-hybridized carbons (Fsp3) is 0.633. The normalized spacial score (nSPS) is 11.2. The van der Waals surface area contributed by atoms with Gasteiger partial charge in [0.1, 0.15) is 5.69 Å². The number of hydrogen-bond donors (Lipinski definition) is 1. The Morgan fingerprint density at radius 3 is 1.92 bits per heavy atom. The first-order valence-electron chi connectivity index (χ1n) is 14.9. The van der Waals surface area contributed by atoms with Gasteiger partial charge in [-0.1, -0.05) is 134 Å². The van der Waals surface area contributed by atoms with Crippen LogP contribution in [-0.2, 0) is 6.67 Å². The van der Waals surface area contributed by atoms with E-state index in [0.29, 0.717) is 24.7 Å². The Balaban J connectivity index is 1.16. The molecule has 3 rings (SSSR count). The largest absolute Gasteiger partial charge is 0.351 e. The van der Waals surface area contributed by atoms with Gasteiger partial charge in [-0.2, -0.15) is 5.10 Å². The van der Waals surface area contributed by atoms with Crippen LogP contribution in [-0.4, -0.2) is 42.4 Å². The summed E-state index contributed by atoms with van der Waals surface area (Å²) < 4.78 is 1.64. The van der Waals surface area contributed by atoms with Crippen molar-refractivity contribution in [3.05, 3.63) is 48.3 Å². The number of aromatic nitrogens is 6. The highest BCUT2D eigenvalue weighted by Gasteiger charge is 2.10. The van der Waals surface area contributed by atoms with Crippen molar-refractivity contribution in [1.29, 1.82) is 0 Å². The van der Waals surface area contributed by atoms with Crippen LogP contribution in [0.2, 0.25) is 0 Å². The van der Waals surface area contributed by atoms with E-state index >= 15 is 0 Å². The van der Waals surface area contributed by atoms with Crippen molar-refractivity contribution in [3.63, 3.8) is 0 Å². The summed E-state index contributed by atoms with van der Waals surface area (Å²) in [6, 6.07) is 11.4. The number of carbonyl (C=O) groups excluding carboxylic acids is 1. The lowest BCUT2D eigenvalue weighted by atomic mass is 10.0. The highest BCUT2D eigenvalue weighted by Crippen LogP contribution is 2.14. The number of tetrazole rings is 1. The number of amides is 1. The number of rotatable bonds is 21. The number of nitrogens with one attached hydrogen (secondary N) is 1. The van der Waals surface area contributed by atoms with Crippen LogP contribution in [0.25, 0.3) is 11.4 Å². The minimum absolute atomic E-state index is 0.138. The second kappa shape index (κ2) is 18.3. The van der Waals surface area contributed by atoms with Crippen LogP contribution in [0.15, 0.2) is 42.6 Å². The third-order valence-electron chi connectivity index (χ3n) is 6.95. The molecule has 0 saturated heterocycles. The van der Waals surface area contributed by atoms with Crippen molar-refractivity contribution >= 4 is 5.91 Å². The summed E-state index contributed by atoms with van der Waals surface area (Å²) >= 11 is 0. The van der Waals surface area contributed by atoms with Gasteiger partial charge in [0.05, 0.1) is 0 Å². The van der Waals surface area contributed by atoms with Gasteiger partial charge >= 0.3 is 0 Å². The lowest BCUT2D eigenvalue weighted by Gasteiger charge is -2.05. The van der Waals surface area contributed by atoms with Crippen LogP contribution in [0.5, 0.6) is 0 Å². The second-order valence-corrected chi connectivity index (χ2v) is 10.3. The molecule has 2 heterocycles. The molecule has 1 N–H and O–H groups in total. The van der Waals surface area contributed by atoms with Gasteiger partial charge in [-0.3, -0.25) is 4.79 Å². The van der Waals surface area contributed by atoms with E-state index in [1.54, 1.807) is 16.9 Å². The molecule has 3 aromatic rings. The van der Waals surface area contributed by atoms with E-state index in [0.717, 1.165) is 18.4 Å². The summed E-state index contributed by atoms with van der Waals surface area (Å²) in [5.74, 6) is 0.427. The van der Waals surface area contributed by atoms with Crippen LogP contribution < -0.4 is 5.32 Å². The molecule has 0 fully saturated rings. The van der Waals surface area contributed by atoms with Crippen molar-refractivity contribution in [2.45, 2.75) is 116 Å². The summed E-state index contributed by atoms with van der Waals surface area (Å²) in [4.78, 5) is 13.9. The van der Waals surface area contributed by atoms with E-state index in [4.69, 9.17) is 0 Å². The maximum atomic E-state index is 12.4. The molecule has 0 aliphatic carbocycles. The zero-order chi connectivity index (χ0) is 26.7. The third-order valence-corrected chi connectivity index (χ3v) is 6.95. The van der Waals surface area contributed by atoms with Crippen molar-refractivity contribution in [1.82, 2.24) is 35.3 Å². The molecule has 1 amide bonds. The number of nitrogens with zero attached hydrogens (tertiary/aromatic N) is 6. The minimum atomic E-state index is -0.138. The zero-order valence-electron chi connectivity index (χ0n) is 23.4. The van der Waals surface area contributed by atoms with Gasteiger partial charge in [0, 0.05) is 18.3 Å². The highest BCUT2D eigenvalue weighted by molar-refractivity contribution is 5.92. The molecule has 0 aliphatic rings. The number of benzene rings is 1. The zero-order valence-corrected chi connectivity index (χ0v) is 23.4. The topological polar surface area (TPSA) is 90.5 Å². The lowest BCUT2D eigenvalue weighted by molar-refractivity contribution is 0.0947. The molecular weight excluding hydrogens is 474 g/mol. The lowest BCUT2D eigenvalue weighted by Crippen LogP contribution is -2.25. The fourth-order valence-corrected chi connectivity index (χ4v) is 4.66. The summed E-state index contributed by atoms with van der Waals surface area (Å²) in [6.07, 6.45) is 23.3. The van der Waals surface area contributed by atoms with Gasteiger partial charge in [0.25, 0.3) is 5.91 Å². The van der Waals surface area contributed by atoms with Crippen LogP contribution in [0.4, 0.5) is 0 Å². The van der Waals surface area contributed by atoms with E-state index in [1.165, 1.54) is 94.7 Å². The van der Waals surface area contributed by atoms with Gasteiger partial charge in [-0.25, -0.2) is 4.68 Å². The van der Waals surface area contributed by atoms with Crippen LogP contribution in [0.3, 0.4) is 0 Å². The smallest absolute Gasteiger partial charge is 0.271 e. The van der Waals surface area contributed by atoms with E-state index in [2.05, 4.69) is 32.7 Å². The Kier molecular flexibility index (Phi) is 14.2. The van der Waals surface area contributed by atoms with Gasteiger partial charge in [-0.15, -0.1) is 15.0 Å². The van der Waals surface area contributed by atoms with Crippen LogP contribution in [0.1, 0.15) is 120 Å². The van der Waals surface area contributed by atoms with E-state index < -0.39 is 0 Å². The molecule has 8 heteroatoms. The van der Waals surface area contributed by atoms with E-state index in [1.807, 2.05) is 30.3 Å². The molecule has 0 unspecified atom stereocenters. The molecule has 0 radical (unpaired) electrons. The maximum absolute atomic E-state index is 12.4. The molecule has 2 aromatic heterocycles. The predicted molar refractivity (Wildman–Crippen MR) is 153 cm³/mol. The first-order valence-corrected chi connectivity index (χ1v) is 14.9. The van der Waals surface area contributed by atoms with Crippen LogP contribution >= 0.6 is 0 Å². The second-order valence-electron chi connectivity index (χ2n) is 10.3. The van der Waals surface area contributed by atoms with E-state index in [9.17, 15) is 4.79 Å². The first kappa shape index (κ1) is 29.5.